The molecule has 0 aliphatic carbocycles. The summed E-state index contributed by atoms with van der Waals surface area (Å²) in [6.07, 6.45) is 0. The van der Waals surface area contributed by atoms with Gasteiger partial charge in [0.05, 0.1) is 33.6 Å². The fraction of sp³-hybridized carbons (Fsp3) is 0.348. The van der Waals surface area contributed by atoms with Gasteiger partial charge < -0.3 is 24.4 Å². The summed E-state index contributed by atoms with van der Waals surface area (Å²) in [5.41, 5.74) is 1.29. The van der Waals surface area contributed by atoms with Gasteiger partial charge in [-0.1, -0.05) is 17.8 Å². The van der Waals surface area contributed by atoms with Crippen molar-refractivity contribution in [1.29, 1.82) is 0 Å². The fourth-order valence-corrected chi connectivity index (χ4v) is 4.11. The maximum Gasteiger partial charge on any atom is 0.251 e. The molecule has 0 saturated carbocycles. The van der Waals surface area contributed by atoms with Gasteiger partial charge in [-0.25, -0.2) is 0 Å². The van der Waals surface area contributed by atoms with Crippen molar-refractivity contribution in [2.45, 2.75) is 11.7 Å². The lowest BCUT2D eigenvalue weighted by molar-refractivity contribution is 0.0949. The van der Waals surface area contributed by atoms with Crippen molar-refractivity contribution >= 4 is 17.7 Å². The number of carbonyl (C=O) groups is 1. The quantitative estimate of drug-likeness (QED) is 0.427. The van der Waals surface area contributed by atoms with Crippen LogP contribution in [0.2, 0.25) is 0 Å². The first-order valence-corrected chi connectivity index (χ1v) is 11.3. The van der Waals surface area contributed by atoms with Gasteiger partial charge in [-0.2, -0.15) is 0 Å². The van der Waals surface area contributed by atoms with E-state index in [0.717, 1.165) is 28.9 Å². The number of nitrogens with one attached hydrogen (secondary N) is 1. The highest BCUT2D eigenvalue weighted by Crippen LogP contribution is 2.25. The Balaban J connectivity index is 1.85. The molecule has 1 aromatic heterocycles. The van der Waals surface area contributed by atoms with Gasteiger partial charge >= 0.3 is 0 Å². The van der Waals surface area contributed by atoms with Gasteiger partial charge in [-0.15, -0.1) is 10.2 Å². The number of aromatic nitrogens is 3. The molecule has 10 heteroatoms. The lowest BCUT2D eigenvalue weighted by Gasteiger charge is -2.13. The molecule has 0 atom stereocenters. The summed E-state index contributed by atoms with van der Waals surface area (Å²) < 4.78 is 17.8. The Morgan fingerprint density at radius 1 is 1.00 bits per heavy atom. The molecule has 176 valence electrons. The van der Waals surface area contributed by atoms with Crippen LogP contribution in [0, 0.1) is 0 Å². The normalized spacial score (nSPS) is 10.8. The van der Waals surface area contributed by atoms with Crippen molar-refractivity contribution < 1.29 is 19.0 Å². The first-order chi connectivity index (χ1) is 15.9. The number of hydrogen-bond donors (Lipinski definition) is 1. The molecule has 0 fully saturated rings. The summed E-state index contributed by atoms with van der Waals surface area (Å²) in [7, 11) is 8.77. The molecule has 33 heavy (non-hydrogen) atoms. The van der Waals surface area contributed by atoms with Crippen LogP contribution in [0.4, 0.5) is 0 Å². The lowest BCUT2D eigenvalue weighted by atomic mass is 10.2. The Hall–Kier alpha value is -3.24. The summed E-state index contributed by atoms with van der Waals surface area (Å²) >= 11 is 1.61. The zero-order valence-corrected chi connectivity index (χ0v) is 20.3. The molecule has 0 saturated heterocycles. The van der Waals surface area contributed by atoms with E-state index in [4.69, 9.17) is 14.2 Å². The van der Waals surface area contributed by atoms with Gasteiger partial charge in [0.1, 0.15) is 17.2 Å². The van der Waals surface area contributed by atoms with Crippen molar-refractivity contribution in [1.82, 2.24) is 25.0 Å². The zero-order chi connectivity index (χ0) is 23.8. The van der Waals surface area contributed by atoms with Crippen LogP contribution in [-0.4, -0.2) is 73.3 Å². The van der Waals surface area contributed by atoms with E-state index in [9.17, 15) is 4.79 Å². The molecule has 3 aromatic rings. The number of benzene rings is 2. The van der Waals surface area contributed by atoms with Crippen LogP contribution in [0.5, 0.6) is 17.2 Å². The minimum absolute atomic E-state index is 0.191. The molecule has 1 heterocycles. The number of amides is 1. The van der Waals surface area contributed by atoms with E-state index in [-0.39, 0.29) is 12.5 Å². The number of thioether (sulfide) groups is 1. The second-order valence-corrected chi connectivity index (χ2v) is 8.43. The van der Waals surface area contributed by atoms with Gasteiger partial charge in [0.2, 0.25) is 0 Å². The SMILES string of the molecule is COc1cc(OC)cc(C(=O)NCc2nnc(SCCN(C)C)n2-c2cccc(OC)c2)c1. The summed E-state index contributed by atoms with van der Waals surface area (Å²) in [6, 6.07) is 12.7. The first-order valence-electron chi connectivity index (χ1n) is 10.3. The smallest absolute Gasteiger partial charge is 0.251 e. The predicted octanol–water partition coefficient (Wildman–Crippen LogP) is 2.88. The molecule has 1 N–H and O–H groups in total. The van der Waals surface area contributed by atoms with Crippen molar-refractivity contribution in [3.05, 3.63) is 53.9 Å². The predicted molar refractivity (Wildman–Crippen MR) is 128 cm³/mol. The Morgan fingerprint density at radius 2 is 1.70 bits per heavy atom. The number of rotatable bonds is 11. The fourth-order valence-electron chi connectivity index (χ4n) is 3.04. The number of hydrogen-bond acceptors (Lipinski definition) is 8. The standard InChI is InChI=1S/C23H29N5O4S/c1-27(2)9-10-33-23-26-25-21(28(23)17-7-6-8-18(13-17)30-3)15-24-22(29)16-11-19(31-4)14-20(12-16)32-5/h6-8,11-14H,9-10,15H2,1-5H3,(H,24,29). The number of nitrogens with zero attached hydrogens (tertiary/aromatic N) is 4. The summed E-state index contributed by atoms with van der Waals surface area (Å²) in [5, 5.41) is 12.4. The summed E-state index contributed by atoms with van der Waals surface area (Å²) in [4.78, 5) is 15.0. The minimum atomic E-state index is -0.269. The average molecular weight is 472 g/mol. The van der Waals surface area contributed by atoms with Gasteiger partial charge in [0.25, 0.3) is 5.91 Å². The third kappa shape index (κ3) is 6.39. The maximum atomic E-state index is 12.8. The Morgan fingerprint density at radius 3 is 2.33 bits per heavy atom. The van der Waals surface area contributed by atoms with Crippen LogP contribution in [0.25, 0.3) is 5.69 Å². The molecule has 0 bridgehead atoms. The van der Waals surface area contributed by atoms with Crippen molar-refractivity contribution in [3.8, 4) is 22.9 Å². The van der Waals surface area contributed by atoms with Crippen molar-refractivity contribution in [3.63, 3.8) is 0 Å². The van der Waals surface area contributed by atoms with E-state index in [1.807, 2.05) is 42.9 Å². The summed E-state index contributed by atoms with van der Waals surface area (Å²) in [5.74, 6) is 3.00. The zero-order valence-electron chi connectivity index (χ0n) is 19.5. The highest BCUT2D eigenvalue weighted by Gasteiger charge is 2.17. The second-order valence-electron chi connectivity index (χ2n) is 7.37. The Labute approximate surface area is 198 Å². The maximum absolute atomic E-state index is 12.8. The van der Waals surface area contributed by atoms with Crippen LogP contribution in [-0.2, 0) is 6.54 Å². The van der Waals surface area contributed by atoms with Crippen LogP contribution < -0.4 is 19.5 Å². The molecular weight excluding hydrogens is 442 g/mol. The molecule has 0 aliphatic heterocycles. The van der Waals surface area contributed by atoms with E-state index in [0.29, 0.717) is 22.9 Å². The molecule has 3 rings (SSSR count). The van der Waals surface area contributed by atoms with Gasteiger partial charge in [-0.3, -0.25) is 9.36 Å². The van der Waals surface area contributed by atoms with Gasteiger partial charge in [0.15, 0.2) is 11.0 Å². The Bertz CT molecular complexity index is 1060. The molecule has 0 radical (unpaired) electrons. The Kier molecular flexibility index (Phi) is 8.56. The monoisotopic (exact) mass is 471 g/mol. The van der Waals surface area contributed by atoms with Crippen LogP contribution in [0.15, 0.2) is 47.6 Å². The highest BCUT2D eigenvalue weighted by molar-refractivity contribution is 7.99. The van der Waals surface area contributed by atoms with Crippen LogP contribution in [0.3, 0.4) is 0 Å². The molecular formula is C23H29N5O4S. The van der Waals surface area contributed by atoms with Crippen LogP contribution in [0.1, 0.15) is 16.2 Å². The molecule has 0 unspecified atom stereocenters. The van der Waals surface area contributed by atoms with E-state index in [1.54, 1.807) is 51.3 Å². The van der Waals surface area contributed by atoms with E-state index in [1.165, 1.54) is 0 Å². The first kappa shape index (κ1) is 24.4. The van der Waals surface area contributed by atoms with Crippen molar-refractivity contribution in [2.75, 3.05) is 47.7 Å². The third-order valence-corrected chi connectivity index (χ3v) is 5.71. The molecule has 0 aliphatic rings. The minimum Gasteiger partial charge on any atom is -0.497 e. The van der Waals surface area contributed by atoms with E-state index >= 15 is 0 Å². The molecule has 1 amide bonds. The van der Waals surface area contributed by atoms with E-state index < -0.39 is 0 Å². The largest absolute Gasteiger partial charge is 0.497 e. The van der Waals surface area contributed by atoms with Gasteiger partial charge in [0, 0.05) is 30.0 Å². The number of methoxy groups -OCH3 is 3. The lowest BCUT2D eigenvalue weighted by Crippen LogP contribution is -2.24. The molecule has 0 spiro atoms. The molecule has 9 nitrogen and oxygen atoms in total. The average Bonchev–Trinajstić information content (AvgIpc) is 3.24. The van der Waals surface area contributed by atoms with Gasteiger partial charge in [-0.05, 0) is 38.4 Å². The van der Waals surface area contributed by atoms with Crippen molar-refractivity contribution in [2.24, 2.45) is 0 Å². The number of carbonyl (C=O) groups excluding carboxylic acids is 1. The number of ether oxygens (including phenoxy) is 3. The van der Waals surface area contributed by atoms with Crippen LogP contribution >= 0.6 is 11.8 Å². The second kappa shape index (κ2) is 11.6. The molecule has 2 aromatic carbocycles. The topological polar surface area (TPSA) is 90.7 Å². The third-order valence-electron chi connectivity index (χ3n) is 4.80. The highest BCUT2D eigenvalue weighted by atomic mass is 32.2. The summed E-state index contributed by atoms with van der Waals surface area (Å²) in [6.45, 7) is 1.09. The van der Waals surface area contributed by atoms with E-state index in [2.05, 4.69) is 20.4 Å².